The molecule has 41 nitrogen and oxygen atoms in total. The third-order valence-electron chi connectivity index (χ3n) is 26.6. The van der Waals surface area contributed by atoms with Gasteiger partial charge in [-0.3, -0.25) is 91.5 Å². The van der Waals surface area contributed by atoms with Gasteiger partial charge in [0.15, 0.2) is 0 Å². The smallest absolute Gasteiger partial charge is 0.317 e. The highest BCUT2D eigenvalue weighted by molar-refractivity contribution is 7.98. The number of aliphatic hydroxyl groups is 1. The van der Waals surface area contributed by atoms with Crippen LogP contribution in [0, 0.1) is 52.8 Å². The highest BCUT2D eigenvalue weighted by Crippen LogP contribution is 2.72. The minimum Gasteiger partial charge on any atom is -0.480 e. The van der Waals surface area contributed by atoms with Crippen molar-refractivity contribution in [2.75, 3.05) is 130 Å². The van der Waals surface area contributed by atoms with Gasteiger partial charge in [-0.15, -0.1) is 0 Å². The lowest BCUT2D eigenvalue weighted by molar-refractivity contribution is -0.143. The van der Waals surface area contributed by atoms with Gasteiger partial charge in [-0.25, -0.2) is 4.98 Å². The molecule has 4 heterocycles. The zero-order valence-electron chi connectivity index (χ0n) is 75.9. The molecular weight excluding hydrogens is 1710 g/mol. The summed E-state index contributed by atoms with van der Waals surface area (Å²) < 4.78 is 18.3. The van der Waals surface area contributed by atoms with E-state index in [0.29, 0.717) is 49.4 Å². The number of epoxide rings is 1. The number of aromatic nitrogens is 3. The Morgan fingerprint density at radius 1 is 0.600 bits per heavy atom. The largest absolute Gasteiger partial charge is 0.480 e. The molecule has 2 aliphatic heterocycles. The van der Waals surface area contributed by atoms with E-state index >= 15 is 0 Å². The van der Waals surface area contributed by atoms with E-state index in [1.165, 1.54) is 31.2 Å². The number of H-pyrrole nitrogens is 2. The van der Waals surface area contributed by atoms with Gasteiger partial charge in [0.25, 0.3) is 0 Å². The molecule has 42 heteroatoms. The number of nitrogens with two attached hydrogens (primary N) is 2. The number of aliphatic carboxylic acids is 3. The molecule has 0 bridgehead atoms. The summed E-state index contributed by atoms with van der Waals surface area (Å²) >= 11 is 1.46. The molecule has 18 atom stereocenters. The van der Waals surface area contributed by atoms with Gasteiger partial charge in [-0.2, -0.15) is 11.8 Å². The second kappa shape index (κ2) is 49.5. The number of amides is 12. The lowest BCUT2D eigenvalue weighted by Crippen LogP contribution is -2.60. The highest BCUT2D eigenvalue weighted by atomic mass is 32.2. The zero-order chi connectivity index (χ0) is 94.7. The van der Waals surface area contributed by atoms with Crippen molar-refractivity contribution in [1.29, 1.82) is 0 Å². The van der Waals surface area contributed by atoms with Crippen LogP contribution in [-0.4, -0.2) is 340 Å². The van der Waals surface area contributed by atoms with Gasteiger partial charge in [-0.1, -0.05) is 59.7 Å². The predicted octanol–water partition coefficient (Wildman–Crippen LogP) is -1.69. The minimum absolute atomic E-state index is 0.00313. The Kier molecular flexibility index (Phi) is 39.5. The zero-order valence-corrected chi connectivity index (χ0v) is 76.7. The van der Waals surface area contributed by atoms with Crippen LogP contribution in [0.25, 0.3) is 10.9 Å². The number of nitrogens with one attached hydrogen (secondary N) is 12. The summed E-state index contributed by atoms with van der Waals surface area (Å²) in [7, 11) is 0. The Hall–Kier alpha value is -9.95. The second-order valence-corrected chi connectivity index (χ2v) is 37.8. The molecule has 2 aromatic heterocycles. The number of aliphatic hydroxyl groups excluding tert-OH is 1. The molecule has 6 aliphatic rings. The van der Waals surface area contributed by atoms with Gasteiger partial charge >= 0.3 is 17.9 Å². The van der Waals surface area contributed by atoms with Crippen LogP contribution in [0.3, 0.4) is 0 Å². The van der Waals surface area contributed by atoms with Crippen LogP contribution < -0.4 is 64.6 Å². The lowest BCUT2D eigenvalue weighted by Gasteiger charge is -2.59. The SMILES string of the molecule is CSCC[C@H](NC(=O)[C@H](CC(C)C)NC(=O)[C@H](Cc1cnc[nH]1)NC(=O)CNC(=O)[C@@H](NC(=O)[C@H](C)NC(=O)[C@H](Cc1c[nH]c2ccccc12)NC(=O)[C@H](CCC(N)=O)NC(=O)CC[C@@H](C)[C@H]1CCC2C3C(C[C@@H]4O[C@@]241)[C@@]1(C)CC[C@H](NC(=O)COCCOCCNC(=O)CN2CCN(CC(=O)O)CCN(CC(=O)O)CCN(CC(=O)O)CC2)C[C@H]1C[C@H]3O)C(C)C)C(N)=O. The first-order valence-corrected chi connectivity index (χ1v) is 46.8. The fourth-order valence-electron chi connectivity index (χ4n) is 19.8. The van der Waals surface area contributed by atoms with Crippen LogP contribution in [0.2, 0.25) is 0 Å². The van der Waals surface area contributed by atoms with E-state index in [0.717, 1.165) is 43.0 Å². The molecule has 12 amide bonds. The number of rotatable bonds is 50. The molecule has 9 rings (SSSR count). The first-order chi connectivity index (χ1) is 61.8. The van der Waals surface area contributed by atoms with Crippen LogP contribution >= 0.6 is 11.8 Å². The van der Waals surface area contributed by atoms with Crippen molar-refractivity contribution in [2.24, 2.45) is 64.2 Å². The summed E-state index contributed by atoms with van der Waals surface area (Å²) in [6, 6.07) is -1.63. The summed E-state index contributed by atoms with van der Waals surface area (Å²) in [5, 5.41) is 69.0. The van der Waals surface area contributed by atoms with Crippen LogP contribution in [0.5, 0.6) is 0 Å². The molecule has 722 valence electrons. The molecule has 20 N–H and O–H groups in total. The first-order valence-electron chi connectivity index (χ1n) is 45.4. The number of fused-ring (bicyclic) bond motifs is 5. The number of carboxylic acid groups (broad SMARTS) is 3. The summed E-state index contributed by atoms with van der Waals surface area (Å²) in [4.78, 5) is 216. The summed E-state index contributed by atoms with van der Waals surface area (Å²) in [6.07, 6.45) is 11.1. The van der Waals surface area contributed by atoms with Crippen molar-refractivity contribution in [2.45, 2.75) is 211 Å². The van der Waals surface area contributed by atoms with Gasteiger partial charge in [0.05, 0.1) is 71.1 Å². The van der Waals surface area contributed by atoms with Gasteiger partial charge in [0, 0.05) is 120 Å². The predicted molar refractivity (Wildman–Crippen MR) is 477 cm³/mol. The number of imidazole rings is 1. The Bertz CT molecular complexity index is 4340. The maximum absolute atomic E-state index is 14.7. The quantitative estimate of drug-likeness (QED) is 0.0221. The van der Waals surface area contributed by atoms with E-state index in [2.05, 4.69) is 82.0 Å². The normalized spacial score (nSPS) is 24.4. The average molecular weight is 1850 g/mol. The number of carbonyl (C=O) groups excluding carboxylic acids is 12. The van der Waals surface area contributed by atoms with Gasteiger partial charge < -0.3 is 109 Å². The molecule has 0 radical (unpaired) electrons. The van der Waals surface area contributed by atoms with E-state index in [9.17, 15) is 92.3 Å². The van der Waals surface area contributed by atoms with Crippen LogP contribution in [-0.2, 0) is 99.0 Å². The van der Waals surface area contributed by atoms with Crippen molar-refractivity contribution in [3.05, 3.63) is 54.2 Å². The van der Waals surface area contributed by atoms with Crippen LogP contribution in [0.15, 0.2) is 43.0 Å². The lowest BCUT2D eigenvalue weighted by atomic mass is 9.46. The molecule has 2 saturated heterocycles. The fraction of sp³-hybridized carbons (Fsp3) is 0.705. The number of nitrogens with zero attached hydrogens (tertiary/aromatic N) is 5. The maximum Gasteiger partial charge on any atom is 0.317 e. The van der Waals surface area contributed by atoms with Crippen LogP contribution in [0.4, 0.5) is 0 Å². The Labute approximate surface area is 761 Å². The monoisotopic (exact) mass is 1840 g/mol. The molecule has 4 aliphatic carbocycles. The molecular formula is C88H137N19O22S. The van der Waals surface area contributed by atoms with E-state index in [4.69, 9.17) is 25.7 Å². The number of thioether (sulfide) groups is 1. The number of carbonyl (C=O) groups is 15. The average Bonchev–Trinajstić information content (AvgIpc) is 1.50. The van der Waals surface area contributed by atoms with Crippen molar-refractivity contribution >= 4 is 111 Å². The number of benzene rings is 1. The van der Waals surface area contributed by atoms with Crippen molar-refractivity contribution in [1.82, 2.24) is 87.7 Å². The summed E-state index contributed by atoms with van der Waals surface area (Å²) in [6.45, 7) is 13.8. The Morgan fingerprint density at radius 2 is 1.20 bits per heavy atom. The van der Waals surface area contributed by atoms with Crippen molar-refractivity contribution in [3.63, 3.8) is 0 Å². The van der Waals surface area contributed by atoms with E-state index in [-0.39, 0.29) is 214 Å². The summed E-state index contributed by atoms with van der Waals surface area (Å²) in [5.41, 5.74) is 12.5. The van der Waals surface area contributed by atoms with Crippen molar-refractivity contribution in [3.8, 4) is 0 Å². The molecule has 130 heavy (non-hydrogen) atoms. The molecule has 3 unspecified atom stereocenters. The van der Waals surface area contributed by atoms with E-state index in [1.54, 1.807) is 40.8 Å². The number of ether oxygens (including phenoxy) is 3. The fourth-order valence-corrected chi connectivity index (χ4v) is 20.3. The number of aromatic amines is 2. The Morgan fingerprint density at radius 3 is 1.82 bits per heavy atom. The minimum atomic E-state index is -1.39. The molecule has 3 aromatic rings. The number of primary amides is 2. The van der Waals surface area contributed by atoms with E-state index in [1.807, 2.05) is 43.2 Å². The highest BCUT2D eigenvalue weighted by Gasteiger charge is 2.76. The molecule has 1 aromatic carbocycles. The maximum atomic E-state index is 14.7. The Balaban J connectivity index is 0.722. The van der Waals surface area contributed by atoms with E-state index < -0.39 is 143 Å². The van der Waals surface area contributed by atoms with Gasteiger partial charge in [0.2, 0.25) is 70.9 Å². The second-order valence-electron chi connectivity index (χ2n) is 36.8. The third-order valence-corrected chi connectivity index (χ3v) is 27.3. The molecule has 6 fully saturated rings. The summed E-state index contributed by atoms with van der Waals surface area (Å²) in [5.74, 6) is -10.9. The molecule has 1 spiro atoms. The van der Waals surface area contributed by atoms with Gasteiger partial charge in [0.1, 0.15) is 54.5 Å². The molecule has 4 saturated carbocycles. The van der Waals surface area contributed by atoms with Crippen molar-refractivity contribution < 1.29 is 107 Å². The third kappa shape index (κ3) is 30.3. The van der Waals surface area contributed by atoms with Crippen LogP contribution in [0.1, 0.15) is 143 Å². The number of carboxylic acids is 3. The van der Waals surface area contributed by atoms with Gasteiger partial charge in [-0.05, 0) is 154 Å². The standard InChI is InChI=1S/C88H137N19O22S/c1-50(2)35-65(84(124)100-63(80(90)120)20-34-130-8)101-85(125)67(39-57-42-91-49-95-57)99-72(111)43-94-86(126)79(51(3)4)103-81(121)53(6)96-83(123)66(36-54-41-93-62-12-10-9-11-58(54)62)102-82(122)64(16-17-70(89)109)98-71(110)18-13-52(5)59-14-15-60-78-61(40-69-88(59,60)129-69)87(7)21-19-56(37-55(87)38-68(78)108)97-74(113)48-128-33-32-127-31-22-92-73(112)44-104-23-25-105(45-75(114)115)27-29-107(47-77(118)119)30-28-106(26-24-104)46-76(116)117/h9-12,41-42,49-53,55-56,59-61,63-69,78-79,93,108H,13-40,43-48H2,1-8H3,(H2,89,109)(H2,90,120)(H,91,95)(H,92,112)(H,94,126)(H,96,123)(H,97,113)(H,98,110)(H,99,111)(H,100,124)(H,101,125)(H,102,122)(H,103,121)(H,114,115)(H,116,117)(H,118,119)/t52-,53+,55+,56+,59-,60?,61?,63+,64+,65+,66+,67+,68-,69+,78?,79+,87+,88+/m1/s1. The first kappa shape index (κ1) is 104. The number of hydrogen-bond donors (Lipinski definition) is 18. The number of para-hydroxylation sites is 1. The number of hydrogen-bond acceptors (Lipinski definition) is 25. The topological polar surface area (TPSA) is 598 Å².